The number of ether oxygens (including phenoxy) is 8. The first-order chi connectivity index (χ1) is 19.1. The van der Waals surface area contributed by atoms with Crippen LogP contribution in [0.1, 0.15) is 13.8 Å². The molecule has 0 atom stereocenters. The highest BCUT2D eigenvalue weighted by Crippen LogP contribution is 2.15. The summed E-state index contributed by atoms with van der Waals surface area (Å²) >= 11 is 0. The normalized spacial score (nSPS) is 18.4. The third kappa shape index (κ3) is 15.4. The fourth-order valence-corrected chi connectivity index (χ4v) is 2.61. The van der Waals surface area contributed by atoms with Crippen molar-refractivity contribution in [2.75, 3.05) is 66.1 Å². The zero-order chi connectivity index (χ0) is 29.8. The molecule has 0 aliphatic carbocycles. The summed E-state index contributed by atoms with van der Waals surface area (Å²) < 4.78 is 44.1. The Labute approximate surface area is 236 Å². The van der Waals surface area contributed by atoms with Crippen molar-refractivity contribution >= 4 is 11.9 Å². The second-order valence-corrected chi connectivity index (χ2v) is 8.33. The first-order valence-electron chi connectivity index (χ1n) is 12.6. The van der Waals surface area contributed by atoms with E-state index in [0.29, 0.717) is 34.0 Å². The molecular weight excluding hydrogens is 520 g/mol. The molecule has 10 heteroatoms. The standard InChI is InChI=1S/C30H40O10/c1-22(2)29(31)39-11-9-8-10-27-25(6)35-16-12-34-15-19-38-28(20-24(5)21-40-30(32)23(3)4)26(7)36-17-13-33-14-18-37-27/h8-10,20H,1,3,5-7,11-19,21H2,2,4H3/b9-8+,27-10+,28-20+. The Balaban J connectivity index is 2.71. The molecule has 1 saturated heterocycles. The van der Waals surface area contributed by atoms with Gasteiger partial charge in [-0.2, -0.15) is 0 Å². The van der Waals surface area contributed by atoms with Gasteiger partial charge in [-0.15, -0.1) is 0 Å². The van der Waals surface area contributed by atoms with Gasteiger partial charge in [-0.1, -0.05) is 39.0 Å². The van der Waals surface area contributed by atoms with Gasteiger partial charge in [-0.25, -0.2) is 9.59 Å². The van der Waals surface area contributed by atoms with Gasteiger partial charge in [-0.3, -0.25) is 0 Å². The van der Waals surface area contributed by atoms with Crippen LogP contribution in [0, 0.1) is 0 Å². The number of carbonyl (C=O) groups excluding carboxylic acids is 2. The van der Waals surface area contributed by atoms with Crippen LogP contribution >= 0.6 is 0 Å². The second-order valence-electron chi connectivity index (χ2n) is 8.33. The van der Waals surface area contributed by atoms with Crippen LogP contribution in [-0.2, 0) is 47.5 Å². The van der Waals surface area contributed by atoms with Crippen molar-refractivity contribution in [1.82, 2.24) is 0 Å². The summed E-state index contributed by atoms with van der Waals surface area (Å²) in [5.74, 6) is 0.307. The fourth-order valence-electron chi connectivity index (χ4n) is 2.61. The van der Waals surface area contributed by atoms with Gasteiger partial charge >= 0.3 is 11.9 Å². The molecule has 0 aromatic rings. The molecule has 0 spiro atoms. The molecule has 40 heavy (non-hydrogen) atoms. The van der Waals surface area contributed by atoms with E-state index in [1.165, 1.54) is 0 Å². The summed E-state index contributed by atoms with van der Waals surface area (Å²) in [5, 5.41) is 0. The van der Waals surface area contributed by atoms with Gasteiger partial charge in [0.2, 0.25) is 0 Å². The predicted octanol–water partition coefficient (Wildman–Crippen LogP) is 4.25. The predicted molar refractivity (Wildman–Crippen MR) is 150 cm³/mol. The summed E-state index contributed by atoms with van der Waals surface area (Å²) in [6.45, 7) is 23.9. The third-order valence-electron chi connectivity index (χ3n) is 4.64. The monoisotopic (exact) mass is 560 g/mol. The molecule has 10 nitrogen and oxygen atoms in total. The van der Waals surface area contributed by atoms with Gasteiger partial charge in [0, 0.05) is 11.1 Å². The topological polar surface area (TPSA) is 108 Å². The molecular formula is C30H40O10. The number of carbonyl (C=O) groups is 2. The lowest BCUT2D eigenvalue weighted by molar-refractivity contribution is -0.138. The van der Waals surface area contributed by atoms with Crippen LogP contribution in [0.5, 0.6) is 0 Å². The zero-order valence-corrected chi connectivity index (χ0v) is 23.5. The minimum Gasteiger partial charge on any atom is -0.488 e. The van der Waals surface area contributed by atoms with E-state index < -0.39 is 11.9 Å². The largest absolute Gasteiger partial charge is 0.488 e. The molecule has 0 unspecified atom stereocenters. The van der Waals surface area contributed by atoms with Crippen LogP contribution in [0.15, 0.2) is 97.0 Å². The lowest BCUT2D eigenvalue weighted by Crippen LogP contribution is -2.14. The van der Waals surface area contributed by atoms with E-state index in [2.05, 4.69) is 32.9 Å². The maximum Gasteiger partial charge on any atom is 0.333 e. The average Bonchev–Trinajstić information content (AvgIpc) is 2.91. The van der Waals surface area contributed by atoms with Gasteiger partial charge in [0.25, 0.3) is 0 Å². The van der Waals surface area contributed by atoms with Crippen LogP contribution in [-0.4, -0.2) is 78.0 Å². The minimum absolute atomic E-state index is 0.0403. The summed E-state index contributed by atoms with van der Waals surface area (Å²) in [6, 6.07) is 0. The van der Waals surface area contributed by atoms with E-state index in [-0.39, 0.29) is 71.8 Å². The first kappa shape index (κ1) is 34.0. The lowest BCUT2D eigenvalue weighted by Gasteiger charge is -2.17. The van der Waals surface area contributed by atoms with Crippen LogP contribution < -0.4 is 0 Å². The molecule has 220 valence electrons. The first-order valence-corrected chi connectivity index (χ1v) is 12.6. The Morgan fingerprint density at radius 2 is 1.20 bits per heavy atom. The molecule has 0 saturated carbocycles. The summed E-state index contributed by atoms with van der Waals surface area (Å²) in [6.07, 6.45) is 6.55. The molecule has 1 rings (SSSR count). The van der Waals surface area contributed by atoms with Crippen molar-refractivity contribution in [2.24, 2.45) is 0 Å². The van der Waals surface area contributed by atoms with Gasteiger partial charge in [0.1, 0.15) is 39.6 Å². The maximum atomic E-state index is 11.6. The molecule has 0 aromatic heterocycles. The van der Waals surface area contributed by atoms with E-state index in [1.54, 1.807) is 38.2 Å². The van der Waals surface area contributed by atoms with Crippen molar-refractivity contribution in [3.63, 3.8) is 0 Å². The molecule has 0 N–H and O–H groups in total. The van der Waals surface area contributed by atoms with E-state index in [9.17, 15) is 9.59 Å². The van der Waals surface area contributed by atoms with Crippen LogP contribution in [0.3, 0.4) is 0 Å². The second kappa shape index (κ2) is 20.0. The molecule has 1 aliphatic heterocycles. The average molecular weight is 561 g/mol. The Morgan fingerprint density at radius 3 is 1.75 bits per heavy atom. The highest BCUT2D eigenvalue weighted by Gasteiger charge is 2.11. The molecule has 1 fully saturated rings. The molecule has 1 aliphatic rings. The van der Waals surface area contributed by atoms with Crippen molar-refractivity contribution in [2.45, 2.75) is 13.8 Å². The van der Waals surface area contributed by atoms with Crippen molar-refractivity contribution in [3.05, 3.63) is 97.0 Å². The summed E-state index contributed by atoms with van der Waals surface area (Å²) in [4.78, 5) is 23.1. The number of rotatable bonds is 8. The molecule has 0 radical (unpaired) electrons. The maximum absolute atomic E-state index is 11.6. The van der Waals surface area contributed by atoms with Gasteiger partial charge in [-0.05, 0) is 37.6 Å². The number of allylic oxidation sites excluding steroid dienone is 2. The van der Waals surface area contributed by atoms with E-state index in [0.717, 1.165) is 0 Å². The van der Waals surface area contributed by atoms with Gasteiger partial charge in [0.05, 0.1) is 26.4 Å². The quantitative estimate of drug-likeness (QED) is 0.316. The van der Waals surface area contributed by atoms with E-state index in [4.69, 9.17) is 37.9 Å². The highest BCUT2D eigenvalue weighted by molar-refractivity contribution is 5.87. The van der Waals surface area contributed by atoms with Crippen molar-refractivity contribution < 1.29 is 47.5 Å². The zero-order valence-electron chi connectivity index (χ0n) is 23.5. The number of hydrogen-bond acceptors (Lipinski definition) is 10. The Morgan fingerprint density at radius 1 is 0.725 bits per heavy atom. The van der Waals surface area contributed by atoms with E-state index in [1.807, 2.05) is 0 Å². The number of esters is 2. The fraction of sp³-hybridized carbons (Fsp3) is 0.400. The van der Waals surface area contributed by atoms with E-state index >= 15 is 0 Å². The van der Waals surface area contributed by atoms with Crippen molar-refractivity contribution in [3.8, 4) is 0 Å². The van der Waals surface area contributed by atoms with Gasteiger partial charge < -0.3 is 37.9 Å². The van der Waals surface area contributed by atoms with Gasteiger partial charge in [0.15, 0.2) is 23.0 Å². The molecule has 0 amide bonds. The number of hydrogen-bond donors (Lipinski definition) is 0. The van der Waals surface area contributed by atoms with Crippen molar-refractivity contribution in [1.29, 1.82) is 0 Å². The minimum atomic E-state index is -0.514. The summed E-state index contributed by atoms with van der Waals surface area (Å²) in [5.41, 5.74) is 1.09. The molecule has 0 aromatic carbocycles. The van der Waals surface area contributed by atoms with Crippen LogP contribution in [0.4, 0.5) is 0 Å². The smallest absolute Gasteiger partial charge is 0.333 e. The molecule has 0 bridgehead atoms. The summed E-state index contributed by atoms with van der Waals surface area (Å²) in [7, 11) is 0. The lowest BCUT2D eigenvalue weighted by atomic mass is 10.2. The Kier molecular flexibility index (Phi) is 17.0. The third-order valence-corrected chi connectivity index (χ3v) is 4.64. The van der Waals surface area contributed by atoms with Crippen LogP contribution in [0.25, 0.3) is 0 Å². The highest BCUT2D eigenvalue weighted by atomic mass is 16.6. The Bertz CT molecular complexity index is 1020. The Hall–Kier alpha value is -4.02. The van der Waals surface area contributed by atoms with Crippen LogP contribution in [0.2, 0.25) is 0 Å². The molecule has 1 heterocycles. The SMILES string of the molecule is C=C(/C=C1/OCCOCCOC(=C)/C(=C\C=C\COC(=O)C(=C)C)OCCOCCOC1=C)COC(=O)C(=C)C.